The summed E-state index contributed by atoms with van der Waals surface area (Å²) in [5, 5.41) is 9.66. The molecular formula is C43H41N5O7. The van der Waals surface area contributed by atoms with Gasteiger partial charge >= 0.3 is 0 Å². The van der Waals surface area contributed by atoms with E-state index in [1.807, 2.05) is 55.0 Å². The molecule has 0 bridgehead atoms. The quantitative estimate of drug-likeness (QED) is 0.112. The number of phenols is 1. The van der Waals surface area contributed by atoms with Gasteiger partial charge in [-0.25, -0.2) is 0 Å². The van der Waals surface area contributed by atoms with Gasteiger partial charge in [-0.3, -0.25) is 19.6 Å². The van der Waals surface area contributed by atoms with Crippen molar-refractivity contribution in [2.24, 2.45) is 9.98 Å². The Morgan fingerprint density at radius 1 is 0.655 bits per heavy atom. The average Bonchev–Trinajstić information content (AvgIpc) is 3.78. The van der Waals surface area contributed by atoms with Gasteiger partial charge in [-0.2, -0.15) is 0 Å². The number of rotatable bonds is 12. The van der Waals surface area contributed by atoms with E-state index in [1.54, 1.807) is 66.6 Å². The van der Waals surface area contributed by atoms with E-state index in [2.05, 4.69) is 4.99 Å². The van der Waals surface area contributed by atoms with Gasteiger partial charge in [0.05, 0.1) is 62.0 Å². The van der Waals surface area contributed by atoms with Gasteiger partial charge in [-0.15, -0.1) is 0 Å². The number of amides is 2. The molecule has 4 aliphatic rings. The molecule has 0 fully saturated rings. The summed E-state index contributed by atoms with van der Waals surface area (Å²) in [6.07, 6.45) is 11.0. The molecule has 4 aromatic rings. The third-order valence-electron chi connectivity index (χ3n) is 10.3. The number of fused-ring (bicyclic) bond motifs is 4. The highest BCUT2D eigenvalue weighted by Crippen LogP contribution is 2.42. The molecule has 0 aliphatic carbocycles. The van der Waals surface area contributed by atoms with Crippen LogP contribution in [0.5, 0.6) is 28.7 Å². The standard InChI is InChI=1S/C43H41N5O7/c1-52-38-18-34-36(45-22-31-16-28(24-47(31)42(34)50)26-6-10-30(44)11-7-26)20-40(38)54-14-4-3-5-15-55-41-21-37-35(19-39(41)53-2)43(51)48-25-29(17-32(48)23-46-37)27-8-12-33(49)13-9-27/h6-13,18-25,31-32,49H,3-5,14-17,44H2,1-2H3/t31-,32-/m0/s1. The zero-order valence-electron chi connectivity index (χ0n) is 30.6. The third kappa shape index (κ3) is 7.10. The molecular weight excluding hydrogens is 699 g/mol. The lowest BCUT2D eigenvalue weighted by atomic mass is 10.0. The highest BCUT2D eigenvalue weighted by atomic mass is 16.5. The number of carbonyl (C=O) groups is 2. The number of anilines is 1. The van der Waals surface area contributed by atoms with Gasteiger partial charge in [0, 0.05) is 55.5 Å². The molecule has 4 aromatic carbocycles. The molecule has 0 aromatic heterocycles. The van der Waals surface area contributed by atoms with Crippen molar-refractivity contribution in [1.82, 2.24) is 9.80 Å². The summed E-state index contributed by atoms with van der Waals surface area (Å²) in [5.41, 5.74) is 12.5. The van der Waals surface area contributed by atoms with E-state index in [0.717, 1.165) is 41.5 Å². The number of unbranched alkanes of at least 4 members (excludes halogenated alkanes) is 2. The van der Waals surface area contributed by atoms with Crippen molar-refractivity contribution in [2.45, 2.75) is 44.2 Å². The van der Waals surface area contributed by atoms with Crippen LogP contribution in [0.1, 0.15) is 63.9 Å². The first-order valence-electron chi connectivity index (χ1n) is 18.3. The number of ether oxygens (including phenoxy) is 4. The van der Waals surface area contributed by atoms with Gasteiger partial charge in [-0.1, -0.05) is 24.3 Å². The Balaban J connectivity index is 0.851. The minimum atomic E-state index is -0.215. The highest BCUT2D eigenvalue weighted by Gasteiger charge is 2.35. The number of hydrogen-bond donors (Lipinski definition) is 2. The summed E-state index contributed by atoms with van der Waals surface area (Å²) >= 11 is 0. The van der Waals surface area contributed by atoms with Crippen LogP contribution in [0.2, 0.25) is 0 Å². The van der Waals surface area contributed by atoms with Crippen LogP contribution in [-0.2, 0) is 0 Å². The lowest BCUT2D eigenvalue weighted by molar-refractivity contribution is 0.0809. The number of aromatic hydroxyl groups is 1. The molecule has 0 saturated carbocycles. The Morgan fingerprint density at radius 2 is 1.11 bits per heavy atom. The van der Waals surface area contributed by atoms with Gasteiger partial charge in [0.2, 0.25) is 0 Å². The molecule has 4 aliphatic heterocycles. The maximum Gasteiger partial charge on any atom is 0.260 e. The fraction of sp³-hybridized carbons (Fsp3) is 0.256. The minimum Gasteiger partial charge on any atom is -0.508 e. The van der Waals surface area contributed by atoms with Gasteiger partial charge < -0.3 is 39.6 Å². The van der Waals surface area contributed by atoms with E-state index in [-0.39, 0.29) is 29.6 Å². The Labute approximate surface area is 318 Å². The summed E-state index contributed by atoms with van der Waals surface area (Å²) in [4.78, 5) is 40.1. The van der Waals surface area contributed by atoms with E-state index in [4.69, 9.17) is 29.7 Å². The maximum absolute atomic E-state index is 13.7. The minimum absolute atomic E-state index is 0.143. The molecule has 12 nitrogen and oxygen atoms in total. The summed E-state index contributed by atoms with van der Waals surface area (Å²) in [5.74, 6) is 1.86. The molecule has 12 heteroatoms. The Kier molecular flexibility index (Phi) is 9.71. The first-order valence-corrected chi connectivity index (χ1v) is 18.3. The highest BCUT2D eigenvalue weighted by molar-refractivity contribution is 6.06. The molecule has 280 valence electrons. The zero-order valence-corrected chi connectivity index (χ0v) is 30.6. The largest absolute Gasteiger partial charge is 0.508 e. The lowest BCUT2D eigenvalue weighted by Gasteiger charge is -2.19. The van der Waals surface area contributed by atoms with Crippen molar-refractivity contribution in [3.63, 3.8) is 0 Å². The van der Waals surface area contributed by atoms with Gasteiger partial charge in [0.1, 0.15) is 5.75 Å². The normalized spacial score (nSPS) is 18.1. The molecule has 0 spiro atoms. The monoisotopic (exact) mass is 739 g/mol. The van der Waals surface area contributed by atoms with Crippen LogP contribution in [0.3, 0.4) is 0 Å². The predicted molar refractivity (Wildman–Crippen MR) is 211 cm³/mol. The maximum atomic E-state index is 13.7. The molecule has 8 rings (SSSR count). The predicted octanol–water partition coefficient (Wildman–Crippen LogP) is 7.56. The second kappa shape index (κ2) is 15.1. The number of nitrogen functional groups attached to an aromatic ring is 1. The molecule has 2 atom stereocenters. The molecule has 3 N–H and O–H groups in total. The second-order valence-electron chi connectivity index (χ2n) is 13.8. The van der Waals surface area contributed by atoms with Crippen LogP contribution in [0.15, 0.2) is 95.2 Å². The Bertz CT molecular complexity index is 2100. The molecule has 55 heavy (non-hydrogen) atoms. The van der Waals surface area contributed by atoms with Crippen LogP contribution in [0.25, 0.3) is 11.1 Å². The number of methoxy groups -OCH3 is 2. The van der Waals surface area contributed by atoms with Crippen molar-refractivity contribution < 1.29 is 33.6 Å². The van der Waals surface area contributed by atoms with Crippen LogP contribution < -0.4 is 24.7 Å². The topological polar surface area (TPSA) is 149 Å². The number of nitrogens with zero attached hydrogens (tertiary/aromatic N) is 4. The number of phenolic OH excluding ortho intramolecular Hbond substituents is 1. The molecule has 0 radical (unpaired) electrons. The van der Waals surface area contributed by atoms with Crippen molar-refractivity contribution in [2.75, 3.05) is 33.2 Å². The van der Waals surface area contributed by atoms with E-state index >= 15 is 0 Å². The zero-order chi connectivity index (χ0) is 38.1. The van der Waals surface area contributed by atoms with Crippen molar-refractivity contribution >= 4 is 52.5 Å². The van der Waals surface area contributed by atoms with Gasteiger partial charge in [0.25, 0.3) is 11.8 Å². The fourth-order valence-corrected chi connectivity index (χ4v) is 7.26. The molecule has 0 unspecified atom stereocenters. The number of carbonyl (C=O) groups excluding carboxylic acids is 2. The summed E-state index contributed by atoms with van der Waals surface area (Å²) < 4.78 is 23.5. The van der Waals surface area contributed by atoms with Crippen LogP contribution in [-0.4, -0.2) is 78.7 Å². The van der Waals surface area contributed by atoms with E-state index in [9.17, 15) is 14.7 Å². The number of benzene rings is 4. The third-order valence-corrected chi connectivity index (χ3v) is 10.3. The van der Waals surface area contributed by atoms with Gasteiger partial charge in [-0.05, 0) is 77.9 Å². The van der Waals surface area contributed by atoms with E-state index in [1.165, 1.54) is 0 Å². The van der Waals surface area contributed by atoms with E-state index < -0.39 is 0 Å². The average molecular weight is 740 g/mol. The van der Waals surface area contributed by atoms with Crippen LogP contribution in [0.4, 0.5) is 17.1 Å². The smallest absolute Gasteiger partial charge is 0.260 e. The SMILES string of the molecule is COc1cc2c(cc1OCCCCCOc1cc3c(cc1OC)C(=O)N1C=C(c4ccc(O)cc4)C[C@H]1C=N3)N=C[C@@H]1CC(c3ccc(N)cc3)=CN1C2=O. The van der Waals surface area contributed by atoms with Crippen molar-refractivity contribution in [3.8, 4) is 28.7 Å². The first-order chi connectivity index (χ1) is 26.8. The molecule has 2 amide bonds. The van der Waals surface area contributed by atoms with Crippen molar-refractivity contribution in [3.05, 3.63) is 107 Å². The Hall–Kier alpha value is -6.56. The Morgan fingerprint density at radius 3 is 1.56 bits per heavy atom. The van der Waals surface area contributed by atoms with E-state index in [0.29, 0.717) is 77.2 Å². The van der Waals surface area contributed by atoms with Gasteiger partial charge in [0.15, 0.2) is 23.0 Å². The van der Waals surface area contributed by atoms with Crippen LogP contribution >= 0.6 is 0 Å². The number of hydrogen-bond acceptors (Lipinski definition) is 10. The molecule has 0 saturated heterocycles. The van der Waals surface area contributed by atoms with Crippen molar-refractivity contribution in [1.29, 1.82) is 0 Å². The summed E-state index contributed by atoms with van der Waals surface area (Å²) in [7, 11) is 3.11. The first kappa shape index (κ1) is 35.5. The number of nitrogens with two attached hydrogens (primary N) is 1. The fourth-order valence-electron chi connectivity index (χ4n) is 7.26. The summed E-state index contributed by atoms with van der Waals surface area (Å²) in [6.45, 7) is 0.875. The second-order valence-corrected chi connectivity index (χ2v) is 13.8. The lowest BCUT2D eigenvalue weighted by Crippen LogP contribution is -2.32. The molecule has 4 heterocycles. The van der Waals surface area contributed by atoms with Crippen LogP contribution in [0, 0.1) is 0 Å². The number of aliphatic imine (C=N–C) groups is 2. The summed E-state index contributed by atoms with van der Waals surface area (Å²) in [6, 6.07) is 21.1.